The van der Waals surface area contributed by atoms with E-state index in [0.717, 1.165) is 24.7 Å². The van der Waals surface area contributed by atoms with Gasteiger partial charge in [-0.15, -0.1) is 0 Å². The predicted octanol–water partition coefficient (Wildman–Crippen LogP) is 1.31. The van der Waals surface area contributed by atoms with Crippen LogP contribution in [-0.4, -0.2) is 29.6 Å². The average molecular weight is 252 g/mol. The minimum absolute atomic E-state index is 0.0949. The van der Waals surface area contributed by atoms with Gasteiger partial charge in [0.1, 0.15) is 11.6 Å². The van der Waals surface area contributed by atoms with Crippen LogP contribution in [0.1, 0.15) is 39.4 Å². The molecule has 102 valence electrons. The molecule has 1 aromatic rings. The third-order valence-corrected chi connectivity index (χ3v) is 2.93. The minimum Gasteiger partial charge on any atom is -0.356 e. The van der Waals surface area contributed by atoms with Gasteiger partial charge in [0.25, 0.3) is 5.56 Å². The quantitative estimate of drug-likeness (QED) is 0.800. The Morgan fingerprint density at radius 1 is 1.44 bits per heavy atom. The highest BCUT2D eigenvalue weighted by Crippen LogP contribution is 2.14. The fourth-order valence-corrected chi connectivity index (χ4v) is 1.73. The van der Waals surface area contributed by atoms with Crippen molar-refractivity contribution in [1.82, 2.24) is 9.97 Å². The van der Waals surface area contributed by atoms with Crippen molar-refractivity contribution in [3.63, 3.8) is 0 Å². The molecule has 3 N–H and O–H groups in total. The van der Waals surface area contributed by atoms with E-state index in [2.05, 4.69) is 28.7 Å². The SMILES string of the molecule is CCN(CC(C)CN)c1cc(=O)[nH]c(C(C)C)n1. The van der Waals surface area contributed by atoms with E-state index in [1.807, 2.05) is 13.8 Å². The van der Waals surface area contributed by atoms with Gasteiger partial charge in [-0.25, -0.2) is 4.98 Å². The molecule has 18 heavy (non-hydrogen) atoms. The zero-order valence-electron chi connectivity index (χ0n) is 11.7. The second-order valence-corrected chi connectivity index (χ2v) is 5.02. The largest absolute Gasteiger partial charge is 0.356 e. The van der Waals surface area contributed by atoms with E-state index in [1.165, 1.54) is 0 Å². The lowest BCUT2D eigenvalue weighted by molar-refractivity contribution is 0.571. The van der Waals surface area contributed by atoms with Crippen LogP contribution in [0.3, 0.4) is 0 Å². The van der Waals surface area contributed by atoms with Gasteiger partial charge in [0, 0.05) is 25.1 Å². The van der Waals surface area contributed by atoms with E-state index in [1.54, 1.807) is 6.07 Å². The first-order valence-electron chi connectivity index (χ1n) is 6.54. The maximum Gasteiger partial charge on any atom is 0.252 e. The lowest BCUT2D eigenvalue weighted by Gasteiger charge is -2.25. The van der Waals surface area contributed by atoms with E-state index >= 15 is 0 Å². The molecule has 0 aliphatic carbocycles. The van der Waals surface area contributed by atoms with Crippen molar-refractivity contribution in [2.75, 3.05) is 24.5 Å². The molecule has 1 rings (SSSR count). The van der Waals surface area contributed by atoms with Crippen LogP contribution in [0, 0.1) is 5.92 Å². The third kappa shape index (κ3) is 3.84. The molecule has 0 saturated heterocycles. The van der Waals surface area contributed by atoms with Crippen LogP contribution >= 0.6 is 0 Å². The van der Waals surface area contributed by atoms with Crippen LogP contribution in [0.5, 0.6) is 0 Å². The number of hydrogen-bond acceptors (Lipinski definition) is 4. The zero-order valence-corrected chi connectivity index (χ0v) is 11.7. The molecule has 0 aromatic carbocycles. The van der Waals surface area contributed by atoms with Crippen molar-refractivity contribution < 1.29 is 0 Å². The standard InChI is InChI=1S/C13H24N4O/c1-5-17(8-10(4)7-14)11-6-12(18)16-13(15-11)9(2)3/h6,9-10H,5,7-8,14H2,1-4H3,(H,15,16,18). The highest BCUT2D eigenvalue weighted by atomic mass is 16.1. The predicted molar refractivity (Wildman–Crippen MR) is 75.1 cm³/mol. The van der Waals surface area contributed by atoms with Crippen LogP contribution in [0.15, 0.2) is 10.9 Å². The molecular weight excluding hydrogens is 228 g/mol. The highest BCUT2D eigenvalue weighted by molar-refractivity contribution is 5.37. The molecule has 0 spiro atoms. The van der Waals surface area contributed by atoms with Gasteiger partial charge in [-0.05, 0) is 19.4 Å². The highest BCUT2D eigenvalue weighted by Gasteiger charge is 2.12. The van der Waals surface area contributed by atoms with Gasteiger partial charge < -0.3 is 15.6 Å². The number of anilines is 1. The molecule has 0 aliphatic heterocycles. The number of hydrogen-bond donors (Lipinski definition) is 2. The number of aromatic amines is 1. The Balaban J connectivity index is 3.02. The topological polar surface area (TPSA) is 75.0 Å². The Hall–Kier alpha value is -1.36. The zero-order chi connectivity index (χ0) is 13.7. The number of H-pyrrole nitrogens is 1. The first-order valence-corrected chi connectivity index (χ1v) is 6.54. The van der Waals surface area contributed by atoms with Gasteiger partial charge in [-0.3, -0.25) is 4.79 Å². The Morgan fingerprint density at radius 3 is 2.61 bits per heavy atom. The number of rotatable bonds is 6. The summed E-state index contributed by atoms with van der Waals surface area (Å²) in [6, 6.07) is 1.55. The summed E-state index contributed by atoms with van der Waals surface area (Å²) in [6.45, 7) is 10.5. The molecule has 1 unspecified atom stereocenters. The second kappa shape index (κ2) is 6.54. The summed E-state index contributed by atoms with van der Waals surface area (Å²) in [5, 5.41) is 0. The molecule has 1 atom stereocenters. The van der Waals surface area contributed by atoms with Gasteiger partial charge in [-0.2, -0.15) is 0 Å². The van der Waals surface area contributed by atoms with Crippen molar-refractivity contribution in [3.05, 3.63) is 22.2 Å². The lowest BCUT2D eigenvalue weighted by Crippen LogP contribution is -2.33. The lowest BCUT2D eigenvalue weighted by atomic mass is 10.1. The van der Waals surface area contributed by atoms with Crippen molar-refractivity contribution >= 4 is 5.82 Å². The maximum absolute atomic E-state index is 11.6. The fourth-order valence-electron chi connectivity index (χ4n) is 1.73. The summed E-state index contributed by atoms with van der Waals surface area (Å²) < 4.78 is 0. The first-order chi connectivity index (χ1) is 8.47. The molecule has 0 aliphatic rings. The monoisotopic (exact) mass is 252 g/mol. The Kier molecular flexibility index (Phi) is 5.34. The van der Waals surface area contributed by atoms with Crippen LogP contribution in [0.25, 0.3) is 0 Å². The Morgan fingerprint density at radius 2 is 2.11 bits per heavy atom. The van der Waals surface area contributed by atoms with Crippen LogP contribution in [0.4, 0.5) is 5.82 Å². The Labute approximate surface area is 108 Å². The van der Waals surface area contributed by atoms with Gasteiger partial charge in [0.2, 0.25) is 0 Å². The summed E-state index contributed by atoms with van der Waals surface area (Å²) in [7, 11) is 0. The minimum atomic E-state index is -0.0949. The average Bonchev–Trinajstić information content (AvgIpc) is 2.34. The van der Waals surface area contributed by atoms with E-state index in [9.17, 15) is 4.79 Å². The summed E-state index contributed by atoms with van der Waals surface area (Å²) in [6.07, 6.45) is 0. The van der Waals surface area contributed by atoms with Gasteiger partial charge >= 0.3 is 0 Å². The molecule has 5 nitrogen and oxygen atoms in total. The maximum atomic E-state index is 11.6. The summed E-state index contributed by atoms with van der Waals surface area (Å²) >= 11 is 0. The molecule has 0 amide bonds. The van der Waals surface area contributed by atoms with Crippen molar-refractivity contribution in [1.29, 1.82) is 0 Å². The van der Waals surface area contributed by atoms with E-state index in [-0.39, 0.29) is 11.5 Å². The number of nitrogens with zero attached hydrogens (tertiary/aromatic N) is 2. The summed E-state index contributed by atoms with van der Waals surface area (Å²) in [4.78, 5) is 21.0. The molecule has 0 radical (unpaired) electrons. The van der Waals surface area contributed by atoms with E-state index in [0.29, 0.717) is 12.5 Å². The fraction of sp³-hybridized carbons (Fsp3) is 0.692. The number of aromatic nitrogens is 2. The van der Waals surface area contributed by atoms with Crippen LogP contribution in [-0.2, 0) is 0 Å². The number of nitrogens with one attached hydrogen (secondary N) is 1. The van der Waals surface area contributed by atoms with E-state index < -0.39 is 0 Å². The van der Waals surface area contributed by atoms with Crippen LogP contribution < -0.4 is 16.2 Å². The molecule has 0 fully saturated rings. The molecule has 0 bridgehead atoms. The van der Waals surface area contributed by atoms with Crippen molar-refractivity contribution in [2.24, 2.45) is 11.7 Å². The second-order valence-electron chi connectivity index (χ2n) is 5.02. The number of nitrogens with two attached hydrogens (primary N) is 1. The molecule has 1 heterocycles. The molecule has 0 saturated carbocycles. The smallest absolute Gasteiger partial charge is 0.252 e. The van der Waals surface area contributed by atoms with Crippen molar-refractivity contribution in [2.45, 2.75) is 33.6 Å². The Bertz CT molecular complexity index is 427. The van der Waals surface area contributed by atoms with Crippen molar-refractivity contribution in [3.8, 4) is 0 Å². The molecule has 5 heteroatoms. The van der Waals surface area contributed by atoms with E-state index in [4.69, 9.17) is 5.73 Å². The first kappa shape index (κ1) is 14.7. The summed E-state index contributed by atoms with van der Waals surface area (Å²) in [5.74, 6) is 2.07. The van der Waals surface area contributed by atoms with Gasteiger partial charge in [0.15, 0.2) is 0 Å². The summed E-state index contributed by atoms with van der Waals surface area (Å²) in [5.41, 5.74) is 5.55. The van der Waals surface area contributed by atoms with Gasteiger partial charge in [0.05, 0.1) is 0 Å². The van der Waals surface area contributed by atoms with Crippen LogP contribution in [0.2, 0.25) is 0 Å². The normalized spacial score (nSPS) is 12.8. The molecular formula is C13H24N4O. The molecule has 1 aromatic heterocycles. The van der Waals surface area contributed by atoms with Gasteiger partial charge in [-0.1, -0.05) is 20.8 Å². The third-order valence-electron chi connectivity index (χ3n) is 2.93.